The molecule has 0 heterocycles. The summed E-state index contributed by atoms with van der Waals surface area (Å²) in [6.07, 6.45) is 1.02. The summed E-state index contributed by atoms with van der Waals surface area (Å²) in [6, 6.07) is 0. The summed E-state index contributed by atoms with van der Waals surface area (Å²) >= 11 is 0. The zero-order valence-corrected chi connectivity index (χ0v) is 8.19. The summed E-state index contributed by atoms with van der Waals surface area (Å²) in [7, 11) is 0. The molecule has 13 heavy (non-hydrogen) atoms. The van der Waals surface area contributed by atoms with Crippen LogP contribution in [0, 0.1) is 0 Å². The monoisotopic (exact) mass is 190 g/mol. The van der Waals surface area contributed by atoms with Crippen LogP contribution in [-0.4, -0.2) is 35.0 Å². The first-order chi connectivity index (χ1) is 6.07. The predicted molar refractivity (Wildman–Crippen MR) is 48.6 cm³/mol. The maximum Gasteiger partial charge on any atom is 0.332 e. The van der Waals surface area contributed by atoms with E-state index in [-0.39, 0.29) is 6.10 Å². The fraction of sp³-hybridized carbons (Fsp3) is 0.889. The minimum Gasteiger partial charge on any atom is -0.479 e. The van der Waals surface area contributed by atoms with Crippen LogP contribution in [0.4, 0.5) is 0 Å². The number of carboxylic acid groups (broad SMARTS) is 1. The predicted octanol–water partition coefficient (Wildman–Crippen LogP) is 1.03. The van der Waals surface area contributed by atoms with Crippen LogP contribution in [0.2, 0.25) is 0 Å². The van der Waals surface area contributed by atoms with E-state index in [1.54, 1.807) is 0 Å². The molecule has 0 aliphatic carbocycles. The summed E-state index contributed by atoms with van der Waals surface area (Å²) in [6.45, 7) is 3.77. The molecule has 0 rings (SSSR count). The van der Waals surface area contributed by atoms with Gasteiger partial charge in [-0.2, -0.15) is 0 Å². The molecule has 0 saturated heterocycles. The van der Waals surface area contributed by atoms with E-state index >= 15 is 0 Å². The molecule has 2 unspecified atom stereocenters. The quantitative estimate of drug-likeness (QED) is 0.629. The highest BCUT2D eigenvalue weighted by Crippen LogP contribution is 2.02. The fourth-order valence-electron chi connectivity index (χ4n) is 0.930. The summed E-state index contributed by atoms with van der Waals surface area (Å²) in [5.41, 5.74) is 0. The molecule has 78 valence electrons. The van der Waals surface area contributed by atoms with Gasteiger partial charge in [0.15, 0.2) is 6.10 Å². The molecule has 4 heteroatoms. The molecule has 4 nitrogen and oxygen atoms in total. The van der Waals surface area contributed by atoms with Crippen LogP contribution in [-0.2, 0) is 9.53 Å². The molecule has 0 spiro atoms. The van der Waals surface area contributed by atoms with E-state index in [1.165, 1.54) is 6.92 Å². The first-order valence-electron chi connectivity index (χ1n) is 4.60. The molecule has 0 saturated carbocycles. The van der Waals surface area contributed by atoms with Crippen LogP contribution in [0.3, 0.4) is 0 Å². The minimum absolute atomic E-state index is 0.300. The van der Waals surface area contributed by atoms with Gasteiger partial charge in [0.1, 0.15) is 0 Å². The van der Waals surface area contributed by atoms with Gasteiger partial charge in [-0.25, -0.2) is 4.79 Å². The third-order valence-electron chi connectivity index (χ3n) is 1.79. The van der Waals surface area contributed by atoms with E-state index in [4.69, 9.17) is 9.84 Å². The van der Waals surface area contributed by atoms with E-state index in [0.29, 0.717) is 13.0 Å². The zero-order valence-electron chi connectivity index (χ0n) is 8.19. The van der Waals surface area contributed by atoms with Crippen molar-refractivity contribution in [3.8, 4) is 0 Å². The van der Waals surface area contributed by atoms with Crippen LogP contribution in [0.1, 0.15) is 33.1 Å². The van der Waals surface area contributed by atoms with Crippen molar-refractivity contribution < 1.29 is 19.7 Å². The van der Waals surface area contributed by atoms with Gasteiger partial charge in [-0.3, -0.25) is 0 Å². The van der Waals surface area contributed by atoms with Crippen LogP contribution >= 0.6 is 0 Å². The van der Waals surface area contributed by atoms with Gasteiger partial charge >= 0.3 is 5.97 Å². The molecule has 0 aliphatic rings. The Labute approximate surface area is 78.5 Å². The number of carbonyl (C=O) groups is 1. The van der Waals surface area contributed by atoms with E-state index in [1.807, 2.05) is 6.92 Å². The van der Waals surface area contributed by atoms with E-state index in [2.05, 4.69) is 0 Å². The Morgan fingerprint density at radius 2 is 2.08 bits per heavy atom. The molecule has 0 aromatic rings. The molecular formula is C9H18O4. The van der Waals surface area contributed by atoms with Crippen molar-refractivity contribution >= 4 is 5.97 Å². The molecule has 0 aromatic carbocycles. The largest absolute Gasteiger partial charge is 0.479 e. The standard InChI is InChI=1S/C9H18O4/c1-3-4-8(10)5-6-13-7(2)9(11)12/h7-8,10H,3-6H2,1-2H3,(H,11,12). The minimum atomic E-state index is -0.968. The Morgan fingerprint density at radius 1 is 1.46 bits per heavy atom. The highest BCUT2D eigenvalue weighted by atomic mass is 16.5. The summed E-state index contributed by atoms with van der Waals surface area (Å²) in [4.78, 5) is 10.3. The molecule has 0 radical (unpaired) electrons. The number of aliphatic hydroxyl groups excluding tert-OH is 1. The molecule has 0 fully saturated rings. The van der Waals surface area contributed by atoms with Crippen LogP contribution in [0.25, 0.3) is 0 Å². The average molecular weight is 190 g/mol. The SMILES string of the molecule is CCCC(O)CCOC(C)C(=O)O. The second kappa shape index (κ2) is 6.86. The number of aliphatic hydroxyl groups is 1. The normalized spacial score (nSPS) is 15.3. The number of rotatable bonds is 7. The lowest BCUT2D eigenvalue weighted by molar-refractivity contribution is -0.149. The Hall–Kier alpha value is -0.610. The van der Waals surface area contributed by atoms with Crippen molar-refractivity contribution in [1.82, 2.24) is 0 Å². The van der Waals surface area contributed by atoms with Gasteiger partial charge in [-0.05, 0) is 19.8 Å². The molecule has 0 bridgehead atoms. The molecule has 0 aromatic heterocycles. The van der Waals surface area contributed by atoms with Gasteiger partial charge in [0.05, 0.1) is 12.7 Å². The average Bonchev–Trinajstić information content (AvgIpc) is 2.04. The number of carboxylic acids is 1. The highest BCUT2D eigenvalue weighted by Gasteiger charge is 2.11. The number of aliphatic carboxylic acids is 1. The van der Waals surface area contributed by atoms with Crippen molar-refractivity contribution in [3.05, 3.63) is 0 Å². The maximum atomic E-state index is 10.3. The third kappa shape index (κ3) is 6.54. The summed E-state index contributed by atoms with van der Waals surface area (Å²) in [5.74, 6) is -0.968. The summed E-state index contributed by atoms with van der Waals surface area (Å²) < 4.78 is 4.96. The number of ether oxygens (including phenoxy) is 1. The van der Waals surface area contributed by atoms with Crippen LogP contribution in [0.5, 0.6) is 0 Å². The Kier molecular flexibility index (Phi) is 6.54. The van der Waals surface area contributed by atoms with Crippen LogP contribution in [0.15, 0.2) is 0 Å². The molecule has 0 aliphatic heterocycles. The van der Waals surface area contributed by atoms with Crippen molar-refractivity contribution in [3.63, 3.8) is 0 Å². The van der Waals surface area contributed by atoms with Gasteiger partial charge in [0.2, 0.25) is 0 Å². The van der Waals surface area contributed by atoms with Gasteiger partial charge < -0.3 is 14.9 Å². The Morgan fingerprint density at radius 3 is 2.54 bits per heavy atom. The third-order valence-corrected chi connectivity index (χ3v) is 1.79. The number of hydrogen-bond acceptors (Lipinski definition) is 3. The van der Waals surface area contributed by atoms with Gasteiger partial charge in [0, 0.05) is 0 Å². The van der Waals surface area contributed by atoms with Crippen molar-refractivity contribution in [2.24, 2.45) is 0 Å². The topological polar surface area (TPSA) is 66.8 Å². The smallest absolute Gasteiger partial charge is 0.332 e. The van der Waals surface area contributed by atoms with E-state index < -0.39 is 12.1 Å². The van der Waals surface area contributed by atoms with Crippen LogP contribution < -0.4 is 0 Å². The lowest BCUT2D eigenvalue weighted by atomic mass is 10.1. The lowest BCUT2D eigenvalue weighted by Gasteiger charge is -2.11. The first-order valence-corrected chi connectivity index (χ1v) is 4.60. The van der Waals surface area contributed by atoms with E-state index in [0.717, 1.165) is 12.8 Å². The fourth-order valence-corrected chi connectivity index (χ4v) is 0.930. The maximum absolute atomic E-state index is 10.3. The zero-order chi connectivity index (χ0) is 10.3. The molecule has 0 amide bonds. The second-order valence-corrected chi connectivity index (χ2v) is 3.08. The Bertz CT molecular complexity index is 147. The van der Waals surface area contributed by atoms with Gasteiger partial charge in [-0.1, -0.05) is 13.3 Å². The number of hydrogen-bond donors (Lipinski definition) is 2. The molecular weight excluding hydrogens is 172 g/mol. The highest BCUT2D eigenvalue weighted by molar-refractivity contribution is 5.71. The van der Waals surface area contributed by atoms with Gasteiger partial charge in [0.25, 0.3) is 0 Å². The van der Waals surface area contributed by atoms with Crippen molar-refractivity contribution in [1.29, 1.82) is 0 Å². The van der Waals surface area contributed by atoms with E-state index in [9.17, 15) is 9.90 Å². The molecule has 2 N–H and O–H groups in total. The first kappa shape index (κ1) is 12.4. The van der Waals surface area contributed by atoms with Crippen molar-refractivity contribution in [2.45, 2.75) is 45.3 Å². The summed E-state index contributed by atoms with van der Waals surface area (Å²) in [5, 5.41) is 17.7. The van der Waals surface area contributed by atoms with Crippen molar-refractivity contribution in [2.75, 3.05) is 6.61 Å². The molecule has 2 atom stereocenters. The lowest BCUT2D eigenvalue weighted by Crippen LogP contribution is -2.22. The Balaban J connectivity index is 3.39. The second-order valence-electron chi connectivity index (χ2n) is 3.08. The van der Waals surface area contributed by atoms with Gasteiger partial charge in [-0.15, -0.1) is 0 Å².